The molecule has 4 nitrogen and oxygen atoms in total. The second-order valence-corrected chi connectivity index (χ2v) is 16.9. The van der Waals surface area contributed by atoms with Gasteiger partial charge in [0.25, 0.3) is 0 Å². The van der Waals surface area contributed by atoms with Gasteiger partial charge < -0.3 is 15.5 Å². The number of rotatable bonds is 45. The zero-order valence-electron chi connectivity index (χ0n) is 36.8. The van der Waals surface area contributed by atoms with Gasteiger partial charge >= 0.3 is 0 Å². The number of unbranched alkanes of at least 4 members (excludes halogenated alkanes) is 34. The van der Waals surface area contributed by atoms with Crippen LogP contribution in [0.25, 0.3) is 0 Å². The molecule has 2 atom stereocenters. The first kappa shape index (κ1) is 52.9. The lowest BCUT2D eigenvalue weighted by Gasteiger charge is -2.22. The highest BCUT2D eigenvalue weighted by atomic mass is 16.3. The predicted octanol–water partition coefficient (Wildman–Crippen LogP) is 15.6. The van der Waals surface area contributed by atoms with E-state index in [9.17, 15) is 15.0 Å². The summed E-state index contributed by atoms with van der Waals surface area (Å²) in [5, 5.41) is 23.1. The van der Waals surface area contributed by atoms with Crippen molar-refractivity contribution in [2.24, 2.45) is 0 Å². The summed E-state index contributed by atoms with van der Waals surface area (Å²) in [7, 11) is 0. The summed E-state index contributed by atoms with van der Waals surface area (Å²) in [5.74, 6) is -0.0288. The fourth-order valence-electron chi connectivity index (χ4n) is 7.69. The summed E-state index contributed by atoms with van der Waals surface area (Å²) in [6.45, 7) is 4.35. The first-order valence-electron chi connectivity index (χ1n) is 24.5. The molecule has 0 heterocycles. The van der Waals surface area contributed by atoms with Crippen LogP contribution in [0.2, 0.25) is 0 Å². The number of amides is 1. The van der Waals surface area contributed by atoms with Gasteiger partial charge in [-0.15, -0.1) is 0 Å². The van der Waals surface area contributed by atoms with Crippen molar-refractivity contribution in [2.75, 3.05) is 6.61 Å². The van der Waals surface area contributed by atoms with Gasteiger partial charge in [0.05, 0.1) is 18.8 Å². The standard InChI is InChI=1S/C50H97NO3/c1-3-5-7-9-11-13-15-16-17-18-19-20-21-22-23-24-25-26-27-28-29-30-31-32-33-34-36-38-40-42-44-46-50(54)51-48(47-52)49(53)45-43-41-39-37-35-14-12-10-8-6-4-2/h15-16,18-19,48-49,52-53H,3-14,17,20-47H2,1-2H3,(H,51,54)/b16-15-,19-18-. The van der Waals surface area contributed by atoms with Crippen molar-refractivity contribution in [2.45, 2.75) is 283 Å². The van der Waals surface area contributed by atoms with Crippen LogP contribution in [0.5, 0.6) is 0 Å². The van der Waals surface area contributed by atoms with Crippen LogP contribution in [0.15, 0.2) is 24.3 Å². The van der Waals surface area contributed by atoms with E-state index in [0.717, 1.165) is 32.1 Å². The number of allylic oxidation sites excluding steroid dienone is 4. The van der Waals surface area contributed by atoms with Crippen LogP contribution in [0.3, 0.4) is 0 Å². The molecule has 0 bridgehead atoms. The average molecular weight is 760 g/mol. The molecule has 0 aromatic carbocycles. The summed E-state index contributed by atoms with van der Waals surface area (Å²) in [5.41, 5.74) is 0. The second kappa shape index (κ2) is 46.3. The molecule has 3 N–H and O–H groups in total. The Morgan fingerprint density at radius 2 is 0.759 bits per heavy atom. The van der Waals surface area contributed by atoms with Gasteiger partial charge in [0.15, 0.2) is 0 Å². The molecule has 54 heavy (non-hydrogen) atoms. The molecular formula is C50H97NO3. The van der Waals surface area contributed by atoms with E-state index in [1.165, 1.54) is 212 Å². The monoisotopic (exact) mass is 760 g/mol. The van der Waals surface area contributed by atoms with Crippen molar-refractivity contribution < 1.29 is 15.0 Å². The van der Waals surface area contributed by atoms with E-state index < -0.39 is 12.1 Å². The van der Waals surface area contributed by atoms with E-state index in [0.29, 0.717) is 12.8 Å². The van der Waals surface area contributed by atoms with Crippen molar-refractivity contribution >= 4 is 5.91 Å². The van der Waals surface area contributed by atoms with Gasteiger partial charge in [-0.05, 0) is 44.9 Å². The Labute approximate surface area is 339 Å². The van der Waals surface area contributed by atoms with Gasteiger partial charge in [-0.3, -0.25) is 4.79 Å². The molecule has 0 rings (SSSR count). The third kappa shape index (κ3) is 42.0. The van der Waals surface area contributed by atoms with E-state index >= 15 is 0 Å². The van der Waals surface area contributed by atoms with Crippen LogP contribution >= 0.6 is 0 Å². The average Bonchev–Trinajstić information content (AvgIpc) is 3.18. The van der Waals surface area contributed by atoms with Gasteiger partial charge in [-0.2, -0.15) is 0 Å². The van der Waals surface area contributed by atoms with Crippen molar-refractivity contribution in [3.05, 3.63) is 24.3 Å². The van der Waals surface area contributed by atoms with E-state index in [1.807, 2.05) is 0 Å². The number of nitrogens with one attached hydrogen (secondary N) is 1. The molecule has 0 aromatic heterocycles. The summed E-state index contributed by atoms with van der Waals surface area (Å²) in [6.07, 6.45) is 60.0. The van der Waals surface area contributed by atoms with Crippen molar-refractivity contribution in [1.82, 2.24) is 5.32 Å². The SMILES string of the molecule is CCCCCCC/C=C\C/C=C\CCCCCCCCCCCCCCCCCCCCCC(=O)NC(CO)C(O)CCCCCCCCCCCCC. The summed E-state index contributed by atoms with van der Waals surface area (Å²) >= 11 is 0. The molecule has 0 fully saturated rings. The summed E-state index contributed by atoms with van der Waals surface area (Å²) in [6, 6.07) is -0.531. The maximum atomic E-state index is 12.4. The summed E-state index contributed by atoms with van der Waals surface area (Å²) in [4.78, 5) is 12.4. The Morgan fingerprint density at radius 1 is 0.444 bits per heavy atom. The quantitative estimate of drug-likeness (QED) is 0.0428. The summed E-state index contributed by atoms with van der Waals surface area (Å²) < 4.78 is 0. The molecule has 0 radical (unpaired) electrons. The van der Waals surface area contributed by atoms with E-state index in [-0.39, 0.29) is 12.5 Å². The van der Waals surface area contributed by atoms with E-state index in [1.54, 1.807) is 0 Å². The van der Waals surface area contributed by atoms with Crippen molar-refractivity contribution in [3.63, 3.8) is 0 Å². The smallest absolute Gasteiger partial charge is 0.220 e. The van der Waals surface area contributed by atoms with Crippen LogP contribution in [-0.4, -0.2) is 34.9 Å². The Kier molecular flexibility index (Phi) is 45.3. The fourth-order valence-corrected chi connectivity index (χ4v) is 7.69. The number of hydrogen-bond donors (Lipinski definition) is 3. The molecule has 0 aliphatic rings. The molecule has 0 aliphatic carbocycles. The number of carbonyl (C=O) groups excluding carboxylic acids is 1. The van der Waals surface area contributed by atoms with Gasteiger partial charge in [0.1, 0.15) is 0 Å². The topological polar surface area (TPSA) is 69.6 Å². The second-order valence-electron chi connectivity index (χ2n) is 16.9. The largest absolute Gasteiger partial charge is 0.394 e. The zero-order chi connectivity index (χ0) is 39.3. The normalized spacial score (nSPS) is 13.0. The molecule has 1 amide bonds. The molecule has 0 saturated heterocycles. The van der Waals surface area contributed by atoms with E-state index in [4.69, 9.17) is 0 Å². The Morgan fingerprint density at radius 3 is 1.11 bits per heavy atom. The maximum absolute atomic E-state index is 12.4. The molecule has 4 heteroatoms. The van der Waals surface area contributed by atoms with Crippen LogP contribution in [0, 0.1) is 0 Å². The minimum absolute atomic E-state index is 0.0288. The molecule has 0 spiro atoms. The third-order valence-electron chi connectivity index (χ3n) is 11.5. The number of aliphatic hydroxyl groups excluding tert-OH is 2. The van der Waals surface area contributed by atoms with Gasteiger partial charge in [-0.25, -0.2) is 0 Å². The first-order valence-corrected chi connectivity index (χ1v) is 24.5. The minimum atomic E-state index is -0.655. The highest BCUT2D eigenvalue weighted by Crippen LogP contribution is 2.17. The Balaban J connectivity index is 3.40. The molecule has 320 valence electrons. The fraction of sp³-hybridized carbons (Fsp3) is 0.900. The molecular weight excluding hydrogens is 663 g/mol. The number of carbonyl (C=O) groups is 1. The lowest BCUT2D eigenvalue weighted by molar-refractivity contribution is -0.123. The maximum Gasteiger partial charge on any atom is 0.220 e. The highest BCUT2D eigenvalue weighted by Gasteiger charge is 2.20. The number of aliphatic hydroxyl groups is 2. The van der Waals surface area contributed by atoms with Gasteiger partial charge in [0.2, 0.25) is 5.91 Å². The highest BCUT2D eigenvalue weighted by molar-refractivity contribution is 5.76. The zero-order valence-corrected chi connectivity index (χ0v) is 36.8. The molecule has 0 saturated carbocycles. The van der Waals surface area contributed by atoms with Crippen molar-refractivity contribution in [1.29, 1.82) is 0 Å². The lowest BCUT2D eigenvalue weighted by Crippen LogP contribution is -2.45. The van der Waals surface area contributed by atoms with Crippen LogP contribution in [0.1, 0.15) is 271 Å². The van der Waals surface area contributed by atoms with Crippen LogP contribution in [0.4, 0.5) is 0 Å². The van der Waals surface area contributed by atoms with Gasteiger partial charge in [-0.1, -0.05) is 244 Å². The van der Waals surface area contributed by atoms with Crippen LogP contribution < -0.4 is 5.32 Å². The first-order chi connectivity index (χ1) is 26.7. The lowest BCUT2D eigenvalue weighted by atomic mass is 10.0. The van der Waals surface area contributed by atoms with Gasteiger partial charge in [0, 0.05) is 6.42 Å². The van der Waals surface area contributed by atoms with Crippen molar-refractivity contribution in [3.8, 4) is 0 Å². The third-order valence-corrected chi connectivity index (χ3v) is 11.5. The molecule has 0 aromatic rings. The Bertz CT molecular complexity index is 780. The molecule has 0 aliphatic heterocycles. The van der Waals surface area contributed by atoms with Crippen LogP contribution in [-0.2, 0) is 4.79 Å². The number of hydrogen-bond acceptors (Lipinski definition) is 3. The minimum Gasteiger partial charge on any atom is -0.394 e. The Hall–Kier alpha value is -1.13. The molecule has 2 unspecified atom stereocenters. The predicted molar refractivity (Wildman–Crippen MR) is 239 cm³/mol. The van der Waals surface area contributed by atoms with E-state index in [2.05, 4.69) is 43.5 Å².